The molecule has 2 aliphatic heterocycles. The molecular formula is C10H19NO2. The molecule has 2 aliphatic rings. The highest BCUT2D eigenvalue weighted by Gasteiger charge is 2.39. The van der Waals surface area contributed by atoms with Crippen molar-refractivity contribution in [2.45, 2.75) is 25.9 Å². The summed E-state index contributed by atoms with van der Waals surface area (Å²) in [7, 11) is 0. The van der Waals surface area contributed by atoms with Gasteiger partial charge >= 0.3 is 0 Å². The number of rotatable bonds is 3. The van der Waals surface area contributed by atoms with Gasteiger partial charge in [-0.25, -0.2) is 0 Å². The number of hydrogen-bond donors (Lipinski definition) is 1. The minimum absolute atomic E-state index is 0.414. The summed E-state index contributed by atoms with van der Waals surface area (Å²) in [4.78, 5) is 0. The lowest BCUT2D eigenvalue weighted by molar-refractivity contribution is -0.142. The Morgan fingerprint density at radius 3 is 2.77 bits per heavy atom. The Bertz CT molecular complexity index is 157. The standard InChI is InChI=1S/C10H19NO2/c1-2-10(7-12-8-10)5-9-6-11-3-4-13-9/h9,11H,2-8H2,1H3. The summed E-state index contributed by atoms with van der Waals surface area (Å²) >= 11 is 0. The third-order valence-electron chi connectivity index (χ3n) is 3.23. The van der Waals surface area contributed by atoms with Crippen LogP contribution < -0.4 is 5.32 Å². The second kappa shape index (κ2) is 3.95. The molecular weight excluding hydrogens is 166 g/mol. The van der Waals surface area contributed by atoms with Gasteiger partial charge in [-0.05, 0) is 12.8 Å². The maximum atomic E-state index is 5.69. The van der Waals surface area contributed by atoms with E-state index in [0.717, 1.165) is 39.3 Å². The van der Waals surface area contributed by atoms with E-state index in [1.807, 2.05) is 0 Å². The van der Waals surface area contributed by atoms with Crippen LogP contribution in [-0.4, -0.2) is 39.0 Å². The Morgan fingerprint density at radius 2 is 2.31 bits per heavy atom. The predicted octanol–water partition coefficient (Wildman–Crippen LogP) is 0.791. The van der Waals surface area contributed by atoms with E-state index in [9.17, 15) is 0 Å². The van der Waals surface area contributed by atoms with Crippen LogP contribution in [0.1, 0.15) is 19.8 Å². The van der Waals surface area contributed by atoms with Gasteiger partial charge < -0.3 is 14.8 Å². The fraction of sp³-hybridized carbons (Fsp3) is 1.00. The molecule has 2 saturated heterocycles. The first-order chi connectivity index (χ1) is 6.35. The minimum Gasteiger partial charge on any atom is -0.380 e. The summed E-state index contributed by atoms with van der Waals surface area (Å²) in [5.74, 6) is 0. The van der Waals surface area contributed by atoms with Crippen LogP contribution in [0.25, 0.3) is 0 Å². The van der Waals surface area contributed by atoms with E-state index < -0.39 is 0 Å². The molecule has 3 nitrogen and oxygen atoms in total. The van der Waals surface area contributed by atoms with E-state index in [1.165, 1.54) is 6.42 Å². The van der Waals surface area contributed by atoms with Gasteiger partial charge in [0.1, 0.15) is 0 Å². The molecule has 0 aromatic carbocycles. The molecule has 0 aromatic heterocycles. The topological polar surface area (TPSA) is 30.5 Å². The highest BCUT2D eigenvalue weighted by molar-refractivity contribution is 4.88. The molecule has 13 heavy (non-hydrogen) atoms. The van der Waals surface area contributed by atoms with Crippen LogP contribution in [0.2, 0.25) is 0 Å². The minimum atomic E-state index is 0.414. The van der Waals surface area contributed by atoms with Gasteiger partial charge in [-0.15, -0.1) is 0 Å². The summed E-state index contributed by atoms with van der Waals surface area (Å²) in [6, 6.07) is 0. The van der Waals surface area contributed by atoms with Gasteiger partial charge in [0.2, 0.25) is 0 Å². The van der Waals surface area contributed by atoms with Crippen LogP contribution in [0.5, 0.6) is 0 Å². The lowest BCUT2D eigenvalue weighted by atomic mass is 9.78. The third kappa shape index (κ3) is 2.03. The normalized spacial score (nSPS) is 32.5. The number of hydrogen-bond acceptors (Lipinski definition) is 3. The summed E-state index contributed by atoms with van der Waals surface area (Å²) < 4.78 is 11.0. The van der Waals surface area contributed by atoms with Gasteiger partial charge in [0, 0.05) is 18.5 Å². The van der Waals surface area contributed by atoms with Crippen LogP contribution in [0.15, 0.2) is 0 Å². The van der Waals surface area contributed by atoms with E-state index in [-0.39, 0.29) is 0 Å². The molecule has 2 heterocycles. The lowest BCUT2D eigenvalue weighted by Crippen LogP contribution is -2.48. The zero-order valence-corrected chi connectivity index (χ0v) is 8.34. The average Bonchev–Trinajstić information content (AvgIpc) is 2.13. The van der Waals surface area contributed by atoms with E-state index in [0.29, 0.717) is 11.5 Å². The molecule has 1 unspecified atom stereocenters. The van der Waals surface area contributed by atoms with Crippen LogP contribution in [-0.2, 0) is 9.47 Å². The van der Waals surface area contributed by atoms with Crippen molar-refractivity contribution in [1.82, 2.24) is 5.32 Å². The van der Waals surface area contributed by atoms with Crippen molar-refractivity contribution in [1.29, 1.82) is 0 Å². The molecule has 0 amide bonds. The molecule has 0 aliphatic carbocycles. The van der Waals surface area contributed by atoms with Gasteiger partial charge in [-0.2, -0.15) is 0 Å². The molecule has 0 spiro atoms. The van der Waals surface area contributed by atoms with Gasteiger partial charge in [-0.3, -0.25) is 0 Å². The first kappa shape index (κ1) is 9.44. The molecule has 0 bridgehead atoms. The molecule has 1 atom stereocenters. The molecule has 2 fully saturated rings. The van der Waals surface area contributed by atoms with E-state index in [2.05, 4.69) is 12.2 Å². The SMILES string of the molecule is CCC1(CC2CNCCO2)COC1. The Morgan fingerprint density at radius 1 is 1.46 bits per heavy atom. The number of morpholine rings is 1. The van der Waals surface area contributed by atoms with Crippen LogP contribution in [0.3, 0.4) is 0 Å². The Balaban J connectivity index is 1.81. The van der Waals surface area contributed by atoms with Crippen molar-refractivity contribution in [3.8, 4) is 0 Å². The zero-order valence-electron chi connectivity index (χ0n) is 8.34. The smallest absolute Gasteiger partial charge is 0.0707 e. The summed E-state index contributed by atoms with van der Waals surface area (Å²) in [5.41, 5.74) is 0.434. The summed E-state index contributed by atoms with van der Waals surface area (Å²) in [6.07, 6.45) is 2.79. The second-order valence-electron chi connectivity index (χ2n) is 4.25. The van der Waals surface area contributed by atoms with Gasteiger partial charge in [0.15, 0.2) is 0 Å². The third-order valence-corrected chi connectivity index (χ3v) is 3.23. The number of nitrogens with one attached hydrogen (secondary N) is 1. The Labute approximate surface area is 79.8 Å². The molecule has 76 valence electrons. The Kier molecular flexibility index (Phi) is 2.86. The van der Waals surface area contributed by atoms with E-state index in [4.69, 9.17) is 9.47 Å². The van der Waals surface area contributed by atoms with E-state index >= 15 is 0 Å². The maximum absolute atomic E-state index is 5.69. The van der Waals surface area contributed by atoms with Crippen LogP contribution in [0, 0.1) is 5.41 Å². The second-order valence-corrected chi connectivity index (χ2v) is 4.25. The van der Waals surface area contributed by atoms with Crippen molar-refractivity contribution in [2.24, 2.45) is 5.41 Å². The van der Waals surface area contributed by atoms with Crippen molar-refractivity contribution in [2.75, 3.05) is 32.9 Å². The fourth-order valence-corrected chi connectivity index (χ4v) is 2.09. The first-order valence-electron chi connectivity index (χ1n) is 5.25. The highest BCUT2D eigenvalue weighted by Crippen LogP contribution is 2.36. The average molecular weight is 185 g/mol. The van der Waals surface area contributed by atoms with Crippen molar-refractivity contribution < 1.29 is 9.47 Å². The molecule has 0 radical (unpaired) electrons. The first-order valence-corrected chi connectivity index (χ1v) is 5.25. The monoisotopic (exact) mass is 185 g/mol. The van der Waals surface area contributed by atoms with Gasteiger partial charge in [0.05, 0.1) is 25.9 Å². The highest BCUT2D eigenvalue weighted by atomic mass is 16.5. The van der Waals surface area contributed by atoms with Crippen molar-refractivity contribution >= 4 is 0 Å². The predicted molar refractivity (Wildman–Crippen MR) is 50.8 cm³/mol. The van der Waals surface area contributed by atoms with Crippen molar-refractivity contribution in [3.05, 3.63) is 0 Å². The number of ether oxygens (including phenoxy) is 2. The summed E-state index contributed by atoms with van der Waals surface area (Å²) in [6.45, 7) is 7.00. The van der Waals surface area contributed by atoms with Crippen LogP contribution in [0.4, 0.5) is 0 Å². The van der Waals surface area contributed by atoms with Crippen molar-refractivity contribution in [3.63, 3.8) is 0 Å². The lowest BCUT2D eigenvalue weighted by Gasteiger charge is -2.43. The van der Waals surface area contributed by atoms with E-state index in [1.54, 1.807) is 0 Å². The van der Waals surface area contributed by atoms with Gasteiger partial charge in [-0.1, -0.05) is 6.92 Å². The Hall–Kier alpha value is -0.120. The summed E-state index contributed by atoms with van der Waals surface area (Å²) in [5, 5.41) is 3.36. The molecule has 0 saturated carbocycles. The largest absolute Gasteiger partial charge is 0.380 e. The molecule has 3 heteroatoms. The molecule has 2 rings (SSSR count). The van der Waals surface area contributed by atoms with Crippen LogP contribution >= 0.6 is 0 Å². The maximum Gasteiger partial charge on any atom is 0.0707 e. The quantitative estimate of drug-likeness (QED) is 0.705. The fourth-order valence-electron chi connectivity index (χ4n) is 2.09. The molecule has 1 N–H and O–H groups in total. The molecule has 0 aromatic rings. The zero-order chi connectivity index (χ0) is 9.15. The van der Waals surface area contributed by atoms with Gasteiger partial charge in [0.25, 0.3) is 0 Å².